The van der Waals surface area contributed by atoms with Crippen molar-refractivity contribution in [3.8, 4) is 0 Å². The second kappa shape index (κ2) is 5.44. The van der Waals surface area contributed by atoms with Crippen molar-refractivity contribution in [1.82, 2.24) is 10.2 Å². The summed E-state index contributed by atoms with van der Waals surface area (Å²) in [6.45, 7) is 4.03. The monoisotopic (exact) mass is 254 g/mol. The van der Waals surface area contributed by atoms with Gasteiger partial charge in [0.05, 0.1) is 6.42 Å². The molecule has 5 heteroatoms. The van der Waals surface area contributed by atoms with Crippen LogP contribution in [0.3, 0.4) is 0 Å². The van der Waals surface area contributed by atoms with E-state index in [2.05, 4.69) is 5.32 Å². The van der Waals surface area contributed by atoms with E-state index in [-0.39, 0.29) is 18.4 Å². The van der Waals surface area contributed by atoms with Gasteiger partial charge in [-0.05, 0) is 24.6 Å². The topological polar surface area (TPSA) is 32.3 Å². The molecule has 0 saturated carbocycles. The Kier molecular flexibility index (Phi) is 3.91. The van der Waals surface area contributed by atoms with Crippen molar-refractivity contribution in [2.24, 2.45) is 0 Å². The predicted molar refractivity (Wildman–Crippen MR) is 64.1 cm³/mol. The smallest absolute Gasteiger partial charge is 0.227 e. The zero-order chi connectivity index (χ0) is 13.1. The van der Waals surface area contributed by atoms with E-state index in [1.807, 2.05) is 6.92 Å². The minimum atomic E-state index is -0.647. The predicted octanol–water partition coefficient (Wildman–Crippen LogP) is 1.33. The lowest BCUT2D eigenvalue weighted by Crippen LogP contribution is -2.51. The fourth-order valence-electron chi connectivity index (χ4n) is 2.16. The van der Waals surface area contributed by atoms with Crippen LogP contribution in [0.1, 0.15) is 12.5 Å². The maximum Gasteiger partial charge on any atom is 0.227 e. The quantitative estimate of drug-likeness (QED) is 0.863. The van der Waals surface area contributed by atoms with Crippen molar-refractivity contribution >= 4 is 5.91 Å². The molecule has 0 spiro atoms. The molecule has 0 radical (unpaired) electrons. The van der Waals surface area contributed by atoms with Crippen molar-refractivity contribution < 1.29 is 13.6 Å². The van der Waals surface area contributed by atoms with Crippen molar-refractivity contribution in [1.29, 1.82) is 0 Å². The third kappa shape index (κ3) is 3.26. The van der Waals surface area contributed by atoms with E-state index in [0.717, 1.165) is 12.6 Å². The molecule has 98 valence electrons. The zero-order valence-corrected chi connectivity index (χ0v) is 10.2. The van der Waals surface area contributed by atoms with Gasteiger partial charge in [-0.25, -0.2) is 8.78 Å². The number of rotatable bonds is 2. The normalized spacial score (nSPS) is 19.9. The highest BCUT2D eigenvalue weighted by atomic mass is 19.1. The highest BCUT2D eigenvalue weighted by Crippen LogP contribution is 2.10. The lowest BCUT2D eigenvalue weighted by atomic mass is 10.1. The van der Waals surface area contributed by atoms with Crippen LogP contribution < -0.4 is 5.32 Å². The average molecular weight is 254 g/mol. The van der Waals surface area contributed by atoms with E-state index in [9.17, 15) is 13.6 Å². The summed E-state index contributed by atoms with van der Waals surface area (Å²) in [6, 6.07) is 3.46. The third-order valence-electron chi connectivity index (χ3n) is 3.00. The number of amides is 1. The molecule has 1 aromatic rings. The highest BCUT2D eigenvalue weighted by Gasteiger charge is 2.20. The Bertz CT molecular complexity index is 430. The molecular formula is C13H16F2N2O. The van der Waals surface area contributed by atoms with Crippen LogP contribution in [0.25, 0.3) is 0 Å². The summed E-state index contributed by atoms with van der Waals surface area (Å²) in [4.78, 5) is 13.7. The molecule has 0 aromatic heterocycles. The van der Waals surface area contributed by atoms with Crippen LogP contribution in [-0.4, -0.2) is 36.5 Å². The molecule has 1 N–H and O–H groups in total. The Morgan fingerprint density at radius 3 is 2.67 bits per heavy atom. The van der Waals surface area contributed by atoms with E-state index in [0.29, 0.717) is 18.7 Å². The number of hydrogen-bond acceptors (Lipinski definition) is 2. The van der Waals surface area contributed by atoms with Crippen molar-refractivity contribution in [2.45, 2.75) is 19.4 Å². The summed E-state index contributed by atoms with van der Waals surface area (Å²) in [6.07, 6.45) is 0.0431. The lowest BCUT2D eigenvalue weighted by Gasteiger charge is -2.32. The van der Waals surface area contributed by atoms with Gasteiger partial charge in [0, 0.05) is 31.7 Å². The largest absolute Gasteiger partial charge is 0.340 e. The van der Waals surface area contributed by atoms with E-state index >= 15 is 0 Å². The molecule has 3 nitrogen and oxygen atoms in total. The maximum atomic E-state index is 13.0. The van der Waals surface area contributed by atoms with Crippen LogP contribution in [0.4, 0.5) is 8.78 Å². The molecule has 1 heterocycles. The summed E-state index contributed by atoms with van der Waals surface area (Å²) in [5.74, 6) is -1.38. The fourth-order valence-corrected chi connectivity index (χ4v) is 2.16. The molecule has 1 aromatic carbocycles. The van der Waals surface area contributed by atoms with Crippen LogP contribution in [-0.2, 0) is 11.2 Å². The van der Waals surface area contributed by atoms with Crippen LogP contribution in [0.2, 0.25) is 0 Å². The van der Waals surface area contributed by atoms with Gasteiger partial charge in [-0.1, -0.05) is 0 Å². The number of benzene rings is 1. The molecule has 0 unspecified atom stereocenters. The van der Waals surface area contributed by atoms with E-state index in [4.69, 9.17) is 0 Å². The molecule has 1 saturated heterocycles. The first kappa shape index (κ1) is 13.0. The van der Waals surface area contributed by atoms with Gasteiger partial charge in [-0.2, -0.15) is 0 Å². The molecule has 1 aliphatic rings. The van der Waals surface area contributed by atoms with Gasteiger partial charge in [-0.15, -0.1) is 0 Å². The minimum absolute atomic E-state index is 0.0431. The highest BCUT2D eigenvalue weighted by molar-refractivity contribution is 5.79. The molecule has 1 aliphatic heterocycles. The molecule has 1 atom stereocenters. The van der Waals surface area contributed by atoms with Crippen LogP contribution >= 0.6 is 0 Å². The minimum Gasteiger partial charge on any atom is -0.340 e. The number of nitrogens with zero attached hydrogens (tertiary/aromatic N) is 1. The van der Waals surface area contributed by atoms with Crippen molar-refractivity contribution in [3.63, 3.8) is 0 Å². The second-order valence-corrected chi connectivity index (χ2v) is 4.65. The Morgan fingerprint density at radius 1 is 1.39 bits per heavy atom. The third-order valence-corrected chi connectivity index (χ3v) is 3.00. The Balaban J connectivity index is 2.02. The van der Waals surface area contributed by atoms with Gasteiger partial charge in [0.25, 0.3) is 0 Å². The molecule has 1 fully saturated rings. The number of carbonyl (C=O) groups is 1. The summed E-state index contributed by atoms with van der Waals surface area (Å²) in [7, 11) is 0. The summed E-state index contributed by atoms with van der Waals surface area (Å²) >= 11 is 0. The van der Waals surface area contributed by atoms with E-state index in [1.165, 1.54) is 12.1 Å². The van der Waals surface area contributed by atoms with Gasteiger partial charge in [-0.3, -0.25) is 4.79 Å². The number of nitrogens with one attached hydrogen (secondary N) is 1. The first-order valence-electron chi connectivity index (χ1n) is 6.01. The molecule has 18 heavy (non-hydrogen) atoms. The first-order valence-corrected chi connectivity index (χ1v) is 6.01. The van der Waals surface area contributed by atoms with Gasteiger partial charge in [0.2, 0.25) is 5.91 Å². The standard InChI is InChI=1S/C13H16F2N2O/c1-9-8-17(3-2-16-9)13(18)6-10-4-11(14)7-12(15)5-10/h4-5,7,9,16H,2-3,6,8H2,1H3/t9-/m1/s1. The lowest BCUT2D eigenvalue weighted by molar-refractivity contribution is -0.131. The van der Waals surface area contributed by atoms with Crippen LogP contribution in [0.5, 0.6) is 0 Å². The first-order chi connectivity index (χ1) is 8.54. The number of halogens is 2. The molecular weight excluding hydrogens is 238 g/mol. The van der Waals surface area contributed by atoms with Crippen LogP contribution in [0, 0.1) is 11.6 Å². The number of carbonyl (C=O) groups excluding carboxylic acids is 1. The SMILES string of the molecule is C[C@@H]1CN(C(=O)Cc2cc(F)cc(F)c2)CCN1. The average Bonchev–Trinajstić information content (AvgIpc) is 2.27. The summed E-state index contributed by atoms with van der Waals surface area (Å²) in [5.41, 5.74) is 0.378. The summed E-state index contributed by atoms with van der Waals surface area (Å²) < 4.78 is 26.0. The molecule has 0 bridgehead atoms. The molecule has 2 rings (SSSR count). The van der Waals surface area contributed by atoms with Gasteiger partial charge >= 0.3 is 0 Å². The molecule has 0 aliphatic carbocycles. The van der Waals surface area contributed by atoms with Crippen molar-refractivity contribution in [2.75, 3.05) is 19.6 Å². The van der Waals surface area contributed by atoms with Gasteiger partial charge in [0.1, 0.15) is 11.6 Å². The van der Waals surface area contributed by atoms with Gasteiger partial charge < -0.3 is 10.2 Å². The fraction of sp³-hybridized carbons (Fsp3) is 0.462. The maximum absolute atomic E-state index is 13.0. The molecule has 1 amide bonds. The Labute approximate surface area is 105 Å². The van der Waals surface area contributed by atoms with Gasteiger partial charge in [0.15, 0.2) is 0 Å². The van der Waals surface area contributed by atoms with E-state index in [1.54, 1.807) is 4.90 Å². The zero-order valence-electron chi connectivity index (χ0n) is 10.2. The number of piperazine rings is 1. The Hall–Kier alpha value is -1.49. The second-order valence-electron chi connectivity index (χ2n) is 4.65. The van der Waals surface area contributed by atoms with E-state index < -0.39 is 11.6 Å². The summed E-state index contributed by atoms with van der Waals surface area (Å²) in [5, 5.41) is 3.24. The Morgan fingerprint density at radius 2 is 2.06 bits per heavy atom. The van der Waals surface area contributed by atoms with Crippen molar-refractivity contribution in [3.05, 3.63) is 35.4 Å². The van der Waals surface area contributed by atoms with Crippen LogP contribution in [0.15, 0.2) is 18.2 Å². The number of hydrogen-bond donors (Lipinski definition) is 1.